The molecule has 74 valence electrons. The van der Waals surface area contributed by atoms with Gasteiger partial charge < -0.3 is 9.47 Å². The number of carbonyl (C=O) groups excluding carboxylic acids is 2. The van der Waals surface area contributed by atoms with Gasteiger partial charge in [-0.2, -0.15) is 0 Å². The SMILES string of the molecule is C=CC(C)(C(=O)OC)C(=O)OCC. The molecular formula is C9H14O4. The predicted molar refractivity (Wildman–Crippen MR) is 47.0 cm³/mol. The quantitative estimate of drug-likeness (QED) is 0.372. The highest BCUT2D eigenvalue weighted by Gasteiger charge is 2.40. The van der Waals surface area contributed by atoms with Crippen molar-refractivity contribution in [2.75, 3.05) is 13.7 Å². The fraction of sp³-hybridized carbons (Fsp3) is 0.556. The number of rotatable bonds is 4. The number of ether oxygens (including phenoxy) is 2. The zero-order valence-corrected chi connectivity index (χ0v) is 8.12. The second-order valence-electron chi connectivity index (χ2n) is 2.62. The van der Waals surface area contributed by atoms with Gasteiger partial charge in [-0.05, 0) is 13.8 Å². The summed E-state index contributed by atoms with van der Waals surface area (Å²) < 4.78 is 9.17. The maximum absolute atomic E-state index is 11.3. The van der Waals surface area contributed by atoms with Crippen molar-refractivity contribution in [3.8, 4) is 0 Å². The minimum Gasteiger partial charge on any atom is -0.468 e. The summed E-state index contributed by atoms with van der Waals surface area (Å²) in [5.41, 5.74) is -1.40. The summed E-state index contributed by atoms with van der Waals surface area (Å²) in [6.45, 7) is 6.70. The lowest BCUT2D eigenvalue weighted by Crippen LogP contribution is -2.36. The summed E-state index contributed by atoms with van der Waals surface area (Å²) in [5, 5.41) is 0. The lowest BCUT2D eigenvalue weighted by atomic mass is 9.91. The van der Waals surface area contributed by atoms with Crippen molar-refractivity contribution in [1.82, 2.24) is 0 Å². The van der Waals surface area contributed by atoms with Crippen LogP contribution in [0.3, 0.4) is 0 Å². The largest absolute Gasteiger partial charge is 0.468 e. The van der Waals surface area contributed by atoms with Gasteiger partial charge in [0.25, 0.3) is 0 Å². The van der Waals surface area contributed by atoms with Gasteiger partial charge >= 0.3 is 11.9 Å². The maximum Gasteiger partial charge on any atom is 0.327 e. The van der Waals surface area contributed by atoms with Crippen LogP contribution in [0.25, 0.3) is 0 Å². The first-order chi connectivity index (χ1) is 6.02. The van der Waals surface area contributed by atoms with E-state index in [0.717, 1.165) is 0 Å². The van der Waals surface area contributed by atoms with E-state index in [1.54, 1.807) is 6.92 Å². The highest BCUT2D eigenvalue weighted by atomic mass is 16.5. The lowest BCUT2D eigenvalue weighted by molar-refractivity contribution is -0.165. The van der Waals surface area contributed by atoms with Gasteiger partial charge in [-0.15, -0.1) is 6.58 Å². The average molecular weight is 186 g/mol. The number of methoxy groups -OCH3 is 1. The Bertz CT molecular complexity index is 222. The van der Waals surface area contributed by atoms with E-state index in [-0.39, 0.29) is 6.61 Å². The summed E-state index contributed by atoms with van der Waals surface area (Å²) in [6.07, 6.45) is 1.22. The van der Waals surface area contributed by atoms with Crippen LogP contribution in [0.4, 0.5) is 0 Å². The fourth-order valence-electron chi connectivity index (χ4n) is 0.743. The van der Waals surface area contributed by atoms with Gasteiger partial charge in [-0.3, -0.25) is 9.59 Å². The smallest absolute Gasteiger partial charge is 0.327 e. The van der Waals surface area contributed by atoms with Crippen LogP contribution in [-0.2, 0) is 19.1 Å². The third-order valence-electron chi connectivity index (χ3n) is 1.72. The third kappa shape index (κ3) is 2.31. The van der Waals surface area contributed by atoms with E-state index >= 15 is 0 Å². The molecule has 0 fully saturated rings. The normalized spacial score (nSPS) is 14.1. The van der Waals surface area contributed by atoms with Crippen LogP contribution >= 0.6 is 0 Å². The molecule has 0 aliphatic rings. The van der Waals surface area contributed by atoms with E-state index in [1.165, 1.54) is 20.1 Å². The zero-order valence-electron chi connectivity index (χ0n) is 8.12. The summed E-state index contributed by atoms with van der Waals surface area (Å²) in [5.74, 6) is -1.31. The molecule has 0 amide bonds. The molecule has 4 nitrogen and oxygen atoms in total. The van der Waals surface area contributed by atoms with E-state index in [9.17, 15) is 9.59 Å². The molecule has 0 saturated carbocycles. The first-order valence-corrected chi connectivity index (χ1v) is 3.92. The topological polar surface area (TPSA) is 52.6 Å². The van der Waals surface area contributed by atoms with Crippen molar-refractivity contribution in [2.24, 2.45) is 5.41 Å². The molecule has 4 heteroatoms. The van der Waals surface area contributed by atoms with Gasteiger partial charge in [0.15, 0.2) is 5.41 Å². The monoisotopic (exact) mass is 186 g/mol. The molecule has 0 aromatic carbocycles. The van der Waals surface area contributed by atoms with E-state index in [0.29, 0.717) is 0 Å². The summed E-state index contributed by atoms with van der Waals surface area (Å²) in [7, 11) is 1.21. The molecule has 0 aliphatic heterocycles. The molecule has 0 heterocycles. The predicted octanol–water partition coefficient (Wildman–Crippen LogP) is 0.915. The zero-order chi connectivity index (χ0) is 10.5. The van der Waals surface area contributed by atoms with Gasteiger partial charge in [0.1, 0.15) is 0 Å². The van der Waals surface area contributed by atoms with Crippen LogP contribution in [0.1, 0.15) is 13.8 Å². The number of carbonyl (C=O) groups is 2. The molecule has 0 radical (unpaired) electrons. The van der Waals surface area contributed by atoms with Crippen molar-refractivity contribution in [3.63, 3.8) is 0 Å². The fourth-order valence-corrected chi connectivity index (χ4v) is 0.743. The Morgan fingerprint density at radius 2 is 2.00 bits per heavy atom. The molecule has 1 unspecified atom stereocenters. The van der Waals surface area contributed by atoms with Crippen molar-refractivity contribution in [1.29, 1.82) is 0 Å². The molecule has 0 saturated heterocycles. The second-order valence-corrected chi connectivity index (χ2v) is 2.62. The van der Waals surface area contributed by atoms with Crippen molar-refractivity contribution in [3.05, 3.63) is 12.7 Å². The molecule has 0 spiro atoms. The molecule has 13 heavy (non-hydrogen) atoms. The van der Waals surface area contributed by atoms with E-state index in [1.807, 2.05) is 0 Å². The molecule has 0 bridgehead atoms. The molecule has 0 aromatic rings. The number of esters is 2. The van der Waals surface area contributed by atoms with E-state index in [4.69, 9.17) is 4.74 Å². The van der Waals surface area contributed by atoms with Crippen LogP contribution < -0.4 is 0 Å². The average Bonchev–Trinajstić information content (AvgIpc) is 2.15. The minimum absolute atomic E-state index is 0.221. The molecule has 0 aliphatic carbocycles. The molecule has 0 rings (SSSR count). The van der Waals surface area contributed by atoms with Crippen LogP contribution in [0.15, 0.2) is 12.7 Å². The van der Waals surface area contributed by atoms with Crippen molar-refractivity contribution < 1.29 is 19.1 Å². The lowest BCUT2D eigenvalue weighted by Gasteiger charge is -2.19. The Morgan fingerprint density at radius 3 is 2.31 bits per heavy atom. The highest BCUT2D eigenvalue weighted by Crippen LogP contribution is 2.21. The Morgan fingerprint density at radius 1 is 1.46 bits per heavy atom. The van der Waals surface area contributed by atoms with Crippen LogP contribution in [0.5, 0.6) is 0 Å². The Balaban J connectivity index is 4.72. The van der Waals surface area contributed by atoms with Crippen molar-refractivity contribution >= 4 is 11.9 Å². The van der Waals surface area contributed by atoms with E-state index < -0.39 is 17.4 Å². The Kier molecular flexibility index (Phi) is 4.17. The van der Waals surface area contributed by atoms with Crippen LogP contribution in [-0.4, -0.2) is 25.7 Å². The van der Waals surface area contributed by atoms with Crippen LogP contribution in [0.2, 0.25) is 0 Å². The summed E-state index contributed by atoms with van der Waals surface area (Å²) in [6, 6.07) is 0. The summed E-state index contributed by atoms with van der Waals surface area (Å²) >= 11 is 0. The summed E-state index contributed by atoms with van der Waals surface area (Å²) in [4.78, 5) is 22.5. The van der Waals surface area contributed by atoms with Gasteiger partial charge in [0.05, 0.1) is 13.7 Å². The molecule has 0 N–H and O–H groups in total. The maximum atomic E-state index is 11.3. The van der Waals surface area contributed by atoms with Gasteiger partial charge in [-0.25, -0.2) is 0 Å². The molecular weight excluding hydrogens is 172 g/mol. The Hall–Kier alpha value is -1.32. The molecule has 1 atom stereocenters. The first kappa shape index (κ1) is 11.7. The van der Waals surface area contributed by atoms with Crippen LogP contribution in [0, 0.1) is 5.41 Å². The minimum atomic E-state index is -1.40. The van der Waals surface area contributed by atoms with E-state index in [2.05, 4.69) is 11.3 Å². The standard InChI is InChI=1S/C9H14O4/c1-5-9(3,7(10)12-4)8(11)13-6-2/h5H,1,6H2,2-4H3. The second kappa shape index (κ2) is 4.64. The van der Waals surface area contributed by atoms with Crippen molar-refractivity contribution in [2.45, 2.75) is 13.8 Å². The Labute approximate surface area is 77.5 Å². The van der Waals surface area contributed by atoms with Gasteiger partial charge in [0.2, 0.25) is 0 Å². The first-order valence-electron chi connectivity index (χ1n) is 3.92. The number of hydrogen-bond acceptors (Lipinski definition) is 4. The third-order valence-corrected chi connectivity index (χ3v) is 1.72. The van der Waals surface area contributed by atoms with Gasteiger partial charge in [-0.1, -0.05) is 6.08 Å². The molecule has 0 aromatic heterocycles. The highest BCUT2D eigenvalue weighted by molar-refractivity contribution is 6.01. The number of hydrogen-bond donors (Lipinski definition) is 0. The van der Waals surface area contributed by atoms with Gasteiger partial charge in [0, 0.05) is 0 Å².